The highest BCUT2D eigenvalue weighted by Gasteiger charge is 2.07. The van der Waals surface area contributed by atoms with Crippen molar-refractivity contribution >= 4 is 21.9 Å². The molecule has 2 aromatic heterocycles. The fraction of sp³-hybridized carbons (Fsp3) is 0. The highest BCUT2D eigenvalue weighted by Crippen LogP contribution is 2.19. The predicted molar refractivity (Wildman–Crippen MR) is 55.4 cm³/mol. The lowest BCUT2D eigenvalue weighted by molar-refractivity contribution is 0.680. The van der Waals surface area contributed by atoms with Crippen LogP contribution in [0, 0.1) is 5.41 Å². The SMILES string of the molecule is N=c1c2[nH]c3ccccc3c2nnn1N. The largest absolute Gasteiger partial charge is 0.350 e. The molecule has 0 saturated carbocycles. The standard InChI is InChI=1S/C9H8N6/c10-9-8-7(13-14-15(9)11)5-3-1-2-4-6(5)12-8/h1-4,10,12H,11H2. The van der Waals surface area contributed by atoms with Gasteiger partial charge in [0.1, 0.15) is 11.0 Å². The molecule has 0 aliphatic heterocycles. The summed E-state index contributed by atoms with van der Waals surface area (Å²) in [6, 6.07) is 7.70. The monoisotopic (exact) mass is 200 g/mol. The predicted octanol–water partition coefficient (Wildman–Crippen LogP) is 0.106. The summed E-state index contributed by atoms with van der Waals surface area (Å²) >= 11 is 0. The lowest BCUT2D eigenvalue weighted by atomic mass is 10.2. The van der Waals surface area contributed by atoms with Gasteiger partial charge in [0.05, 0.1) is 0 Å². The fourth-order valence-electron chi connectivity index (χ4n) is 1.65. The summed E-state index contributed by atoms with van der Waals surface area (Å²) in [5.74, 6) is 5.44. The van der Waals surface area contributed by atoms with Gasteiger partial charge >= 0.3 is 0 Å². The van der Waals surface area contributed by atoms with Crippen molar-refractivity contribution in [2.75, 3.05) is 5.84 Å². The minimum atomic E-state index is 0.121. The summed E-state index contributed by atoms with van der Waals surface area (Å²) in [6.07, 6.45) is 0. The maximum absolute atomic E-state index is 7.72. The molecule has 0 saturated heterocycles. The summed E-state index contributed by atoms with van der Waals surface area (Å²) < 4.78 is 0. The number of hydrogen-bond acceptors (Lipinski definition) is 4. The number of nitrogens with one attached hydrogen (secondary N) is 2. The second-order valence-corrected chi connectivity index (χ2v) is 3.28. The van der Waals surface area contributed by atoms with Crippen molar-refractivity contribution in [3.05, 3.63) is 29.8 Å². The van der Waals surface area contributed by atoms with Crippen LogP contribution in [0.2, 0.25) is 0 Å². The molecule has 0 bridgehead atoms. The van der Waals surface area contributed by atoms with Gasteiger partial charge in [-0.05, 0) is 11.3 Å². The topological polar surface area (TPSA) is 96.4 Å². The number of hydrogen-bond donors (Lipinski definition) is 3. The number of benzene rings is 1. The number of nitrogens with zero attached hydrogens (tertiary/aromatic N) is 3. The molecule has 0 fully saturated rings. The Balaban J connectivity index is 2.66. The molecule has 6 nitrogen and oxygen atoms in total. The number of H-pyrrole nitrogens is 1. The molecule has 4 N–H and O–H groups in total. The second kappa shape index (κ2) is 2.57. The smallest absolute Gasteiger partial charge is 0.191 e. The van der Waals surface area contributed by atoms with Gasteiger partial charge in [0, 0.05) is 10.9 Å². The molecule has 6 heteroatoms. The zero-order valence-corrected chi connectivity index (χ0v) is 7.73. The van der Waals surface area contributed by atoms with Gasteiger partial charge in [-0.1, -0.05) is 18.2 Å². The minimum absolute atomic E-state index is 0.121. The van der Waals surface area contributed by atoms with E-state index in [1.807, 2.05) is 24.3 Å². The Morgan fingerprint density at radius 2 is 2.13 bits per heavy atom. The average Bonchev–Trinajstić information content (AvgIpc) is 2.63. The molecule has 0 spiro atoms. The Kier molecular flexibility index (Phi) is 1.37. The Hall–Kier alpha value is -2.37. The maximum atomic E-state index is 7.72. The van der Waals surface area contributed by atoms with Gasteiger partial charge in [0.2, 0.25) is 0 Å². The van der Waals surface area contributed by atoms with E-state index in [1.165, 1.54) is 0 Å². The van der Waals surface area contributed by atoms with Crippen LogP contribution in [-0.4, -0.2) is 20.1 Å². The lowest BCUT2D eigenvalue weighted by Crippen LogP contribution is -2.30. The van der Waals surface area contributed by atoms with Crippen molar-refractivity contribution in [1.29, 1.82) is 5.41 Å². The van der Waals surface area contributed by atoms with E-state index >= 15 is 0 Å². The summed E-state index contributed by atoms with van der Waals surface area (Å²) in [7, 11) is 0. The Morgan fingerprint density at radius 1 is 1.33 bits per heavy atom. The first-order valence-electron chi connectivity index (χ1n) is 4.43. The zero-order valence-electron chi connectivity index (χ0n) is 7.73. The number of fused-ring (bicyclic) bond motifs is 3. The first kappa shape index (κ1) is 7.98. The van der Waals surface area contributed by atoms with Crippen LogP contribution in [0.25, 0.3) is 21.9 Å². The molecule has 0 amide bonds. The number of rotatable bonds is 0. The Morgan fingerprint density at radius 3 is 3.00 bits per heavy atom. The lowest BCUT2D eigenvalue weighted by Gasteiger charge is -1.94. The molecule has 2 heterocycles. The molecule has 0 unspecified atom stereocenters. The van der Waals surface area contributed by atoms with E-state index in [9.17, 15) is 0 Å². The Labute approximate surface area is 83.8 Å². The first-order valence-corrected chi connectivity index (χ1v) is 4.43. The van der Waals surface area contributed by atoms with E-state index in [-0.39, 0.29) is 5.49 Å². The molecular formula is C9H8N6. The fourth-order valence-corrected chi connectivity index (χ4v) is 1.65. The summed E-state index contributed by atoms with van der Waals surface area (Å²) in [4.78, 5) is 4.04. The van der Waals surface area contributed by atoms with Crippen LogP contribution in [-0.2, 0) is 0 Å². The van der Waals surface area contributed by atoms with Crippen LogP contribution >= 0.6 is 0 Å². The Bertz CT molecular complexity index is 707. The number of nitrogen functional groups attached to an aromatic ring is 1. The molecule has 0 aliphatic rings. The van der Waals surface area contributed by atoms with Gasteiger partial charge < -0.3 is 10.8 Å². The summed E-state index contributed by atoms with van der Waals surface area (Å²) in [5.41, 5.74) is 2.34. The van der Waals surface area contributed by atoms with Gasteiger partial charge in [-0.2, -0.15) is 0 Å². The molecule has 74 valence electrons. The normalized spacial score (nSPS) is 11.2. The van der Waals surface area contributed by atoms with Crippen molar-refractivity contribution in [2.24, 2.45) is 0 Å². The van der Waals surface area contributed by atoms with Gasteiger partial charge in [-0.15, -0.1) is 9.89 Å². The van der Waals surface area contributed by atoms with Crippen molar-refractivity contribution in [3.63, 3.8) is 0 Å². The summed E-state index contributed by atoms with van der Waals surface area (Å²) in [5, 5.41) is 16.3. The van der Waals surface area contributed by atoms with E-state index in [0.29, 0.717) is 11.0 Å². The van der Waals surface area contributed by atoms with Crippen molar-refractivity contribution in [3.8, 4) is 0 Å². The van der Waals surface area contributed by atoms with Gasteiger partial charge in [0.25, 0.3) is 0 Å². The quantitative estimate of drug-likeness (QED) is 0.449. The van der Waals surface area contributed by atoms with E-state index in [1.54, 1.807) is 0 Å². The molecule has 15 heavy (non-hydrogen) atoms. The van der Waals surface area contributed by atoms with E-state index in [0.717, 1.165) is 15.7 Å². The second-order valence-electron chi connectivity index (χ2n) is 3.28. The number of para-hydroxylation sites is 1. The number of nitrogens with two attached hydrogens (primary N) is 1. The van der Waals surface area contributed by atoms with Gasteiger partial charge in [-0.3, -0.25) is 5.41 Å². The van der Waals surface area contributed by atoms with Gasteiger partial charge in [0.15, 0.2) is 5.49 Å². The van der Waals surface area contributed by atoms with Crippen LogP contribution in [0.1, 0.15) is 0 Å². The average molecular weight is 200 g/mol. The highest BCUT2D eigenvalue weighted by molar-refractivity contribution is 6.03. The van der Waals surface area contributed by atoms with Crippen LogP contribution in [0.4, 0.5) is 0 Å². The van der Waals surface area contributed by atoms with Crippen molar-refractivity contribution in [2.45, 2.75) is 0 Å². The molecule has 0 radical (unpaired) electrons. The molecular weight excluding hydrogens is 192 g/mol. The maximum Gasteiger partial charge on any atom is 0.191 e. The van der Waals surface area contributed by atoms with Crippen LogP contribution in [0.3, 0.4) is 0 Å². The molecule has 0 atom stereocenters. The van der Waals surface area contributed by atoms with E-state index < -0.39 is 0 Å². The third kappa shape index (κ3) is 0.954. The van der Waals surface area contributed by atoms with Crippen LogP contribution < -0.4 is 11.3 Å². The molecule has 0 aliphatic carbocycles. The van der Waals surface area contributed by atoms with E-state index in [2.05, 4.69) is 15.3 Å². The van der Waals surface area contributed by atoms with Crippen molar-refractivity contribution in [1.82, 2.24) is 20.1 Å². The number of aromatic amines is 1. The summed E-state index contributed by atoms with van der Waals surface area (Å²) in [6.45, 7) is 0. The van der Waals surface area contributed by atoms with Gasteiger partial charge in [-0.25, -0.2) is 0 Å². The third-order valence-corrected chi connectivity index (χ3v) is 2.39. The first-order chi connectivity index (χ1) is 7.27. The molecule has 3 aromatic rings. The zero-order chi connectivity index (χ0) is 10.4. The van der Waals surface area contributed by atoms with E-state index in [4.69, 9.17) is 11.3 Å². The van der Waals surface area contributed by atoms with Crippen LogP contribution in [0.15, 0.2) is 24.3 Å². The molecule has 3 rings (SSSR count). The van der Waals surface area contributed by atoms with Crippen molar-refractivity contribution < 1.29 is 0 Å². The highest BCUT2D eigenvalue weighted by atomic mass is 15.5. The minimum Gasteiger partial charge on any atom is -0.350 e. The third-order valence-electron chi connectivity index (χ3n) is 2.39. The van der Waals surface area contributed by atoms with Crippen LogP contribution in [0.5, 0.6) is 0 Å². The molecule has 1 aromatic carbocycles. The number of aromatic nitrogens is 4.